The predicted octanol–water partition coefficient (Wildman–Crippen LogP) is 8.55. The molecule has 12 N–H and O–H groups in total. The smallest absolute Gasteiger partial charge is 0.220 e. The van der Waals surface area contributed by atoms with Gasteiger partial charge in [0.25, 0.3) is 0 Å². The Balaban J connectivity index is 1.43. The number of rotatable bonds is 51. The molecule has 3 fully saturated rings. The van der Waals surface area contributed by atoms with Gasteiger partial charge in [0, 0.05) is 6.42 Å². The summed E-state index contributed by atoms with van der Waals surface area (Å²) in [7, 11) is 0. The topological polar surface area (TPSA) is 307 Å². The summed E-state index contributed by atoms with van der Waals surface area (Å²) in [5.41, 5.74) is 0. The van der Waals surface area contributed by atoms with Gasteiger partial charge in [0.05, 0.1) is 38.6 Å². The molecule has 0 aromatic carbocycles. The van der Waals surface area contributed by atoms with E-state index in [0.717, 1.165) is 89.9 Å². The number of carbonyl (C=O) groups is 1. The fourth-order valence-corrected chi connectivity index (χ4v) is 11.2. The van der Waals surface area contributed by atoms with Gasteiger partial charge in [-0.15, -0.1) is 0 Å². The predicted molar refractivity (Wildman–Crippen MR) is 341 cm³/mol. The quantitative estimate of drug-likeness (QED) is 0.0200. The highest BCUT2D eigenvalue weighted by atomic mass is 16.8. The lowest BCUT2D eigenvalue weighted by molar-refractivity contribution is -0.379. The van der Waals surface area contributed by atoms with Crippen LogP contribution in [0.1, 0.15) is 226 Å². The van der Waals surface area contributed by atoms with Crippen molar-refractivity contribution in [2.45, 2.75) is 330 Å². The summed E-state index contributed by atoms with van der Waals surface area (Å²) < 4.78 is 34.3. The molecule has 3 saturated heterocycles. The molecule has 0 spiro atoms. The Morgan fingerprint density at radius 1 is 0.420 bits per heavy atom. The molecule has 3 rings (SSSR count). The minimum absolute atomic E-state index is 0.236. The van der Waals surface area contributed by atoms with Crippen molar-refractivity contribution in [3.63, 3.8) is 0 Å². The normalized spacial score (nSPS) is 28.9. The Kier molecular flexibility index (Phi) is 45.8. The molecular weight excluding hydrogens is 1130 g/mol. The standard InChI is InChI=1S/C69H121NO18/c1-3-5-7-9-11-13-15-17-19-21-22-23-24-25-26-27-28-29-30-31-33-35-37-39-41-43-45-47-57(75)70-52(53(74)46-44-42-40-38-36-34-32-20-18-16-14-12-10-8-6-4-2)51-83-67-63(81)60(78)65(55(49-72)85-67)88-69-64(82)61(79)66(56(50-73)86-69)87-68-62(80)59(77)58(76)54(48-71)84-68/h5,7,11,13,17,19,22-23,25-26,44,46,52-56,58-69,71-74,76-82H,3-4,6,8-10,12,14-16,18,20-21,24,27-43,45,47-51H2,1-2H3,(H,70,75)/b7-5-,13-11-,19-17-,23-22-,26-25-,46-44+. The molecular formula is C69H121NO18. The van der Waals surface area contributed by atoms with Crippen molar-refractivity contribution in [1.82, 2.24) is 5.32 Å². The second-order valence-corrected chi connectivity index (χ2v) is 24.3. The molecule has 3 heterocycles. The van der Waals surface area contributed by atoms with Gasteiger partial charge < -0.3 is 89.9 Å². The molecule has 0 aliphatic carbocycles. The third-order valence-corrected chi connectivity index (χ3v) is 16.8. The van der Waals surface area contributed by atoms with Gasteiger partial charge in [-0.05, 0) is 64.2 Å². The summed E-state index contributed by atoms with van der Waals surface area (Å²) >= 11 is 0. The highest BCUT2D eigenvalue weighted by molar-refractivity contribution is 5.76. The summed E-state index contributed by atoms with van der Waals surface area (Å²) in [5, 5.41) is 120. The second-order valence-electron chi connectivity index (χ2n) is 24.3. The lowest BCUT2D eigenvalue weighted by atomic mass is 9.96. The molecule has 3 aliphatic rings. The molecule has 17 atom stereocenters. The van der Waals surface area contributed by atoms with Crippen LogP contribution in [0.15, 0.2) is 72.9 Å². The summed E-state index contributed by atoms with van der Waals surface area (Å²) in [5.74, 6) is -0.281. The number of hydrogen-bond donors (Lipinski definition) is 12. The fraction of sp³-hybridized carbons (Fsp3) is 0.812. The van der Waals surface area contributed by atoms with E-state index in [1.165, 1.54) is 109 Å². The first kappa shape index (κ1) is 79.5. The number of ether oxygens (including phenoxy) is 6. The van der Waals surface area contributed by atoms with Gasteiger partial charge in [-0.1, -0.05) is 228 Å². The number of hydrogen-bond acceptors (Lipinski definition) is 18. The van der Waals surface area contributed by atoms with Gasteiger partial charge in [-0.2, -0.15) is 0 Å². The number of aliphatic hydroxyl groups excluding tert-OH is 11. The number of nitrogens with one attached hydrogen (secondary N) is 1. The lowest BCUT2D eigenvalue weighted by Gasteiger charge is -2.48. The molecule has 17 unspecified atom stereocenters. The van der Waals surface area contributed by atoms with Crippen molar-refractivity contribution in [1.29, 1.82) is 0 Å². The number of allylic oxidation sites excluding steroid dienone is 11. The first-order valence-corrected chi connectivity index (χ1v) is 34.2. The zero-order valence-electron chi connectivity index (χ0n) is 53.7. The zero-order chi connectivity index (χ0) is 64.0. The molecule has 0 bridgehead atoms. The molecule has 0 aromatic rings. The van der Waals surface area contributed by atoms with Crippen LogP contribution in [0, 0.1) is 0 Å². The summed E-state index contributed by atoms with van der Waals surface area (Å²) in [6, 6.07) is -0.978. The monoisotopic (exact) mass is 1250 g/mol. The highest BCUT2D eigenvalue weighted by Gasteiger charge is 2.53. The molecule has 1 amide bonds. The summed E-state index contributed by atoms with van der Waals surface area (Å²) in [4.78, 5) is 13.4. The zero-order valence-corrected chi connectivity index (χ0v) is 53.7. The minimum Gasteiger partial charge on any atom is -0.394 e. The maximum atomic E-state index is 13.4. The van der Waals surface area contributed by atoms with Crippen molar-refractivity contribution in [3.05, 3.63) is 72.9 Å². The molecule has 0 saturated carbocycles. The number of amides is 1. The minimum atomic E-state index is -1.98. The summed E-state index contributed by atoms with van der Waals surface area (Å²) in [6.45, 7) is 1.61. The van der Waals surface area contributed by atoms with Crippen LogP contribution in [0.2, 0.25) is 0 Å². The van der Waals surface area contributed by atoms with E-state index in [4.69, 9.17) is 28.4 Å². The van der Waals surface area contributed by atoms with Gasteiger partial charge in [0.15, 0.2) is 18.9 Å². The number of carbonyl (C=O) groups excluding carboxylic acids is 1. The Hall–Kier alpha value is -2.77. The van der Waals surface area contributed by atoms with E-state index < -0.39 is 124 Å². The Morgan fingerprint density at radius 2 is 0.784 bits per heavy atom. The van der Waals surface area contributed by atoms with Crippen molar-refractivity contribution >= 4 is 5.91 Å². The van der Waals surface area contributed by atoms with E-state index in [0.29, 0.717) is 6.42 Å². The van der Waals surface area contributed by atoms with E-state index >= 15 is 0 Å². The molecule has 19 heteroatoms. The van der Waals surface area contributed by atoms with Crippen molar-refractivity contribution < 1.29 is 89.4 Å². The van der Waals surface area contributed by atoms with E-state index in [1.807, 2.05) is 6.08 Å². The average Bonchev–Trinajstić information content (AvgIpc) is 3.39. The van der Waals surface area contributed by atoms with Crippen molar-refractivity contribution in [2.75, 3.05) is 26.4 Å². The van der Waals surface area contributed by atoms with Crippen molar-refractivity contribution in [3.8, 4) is 0 Å². The van der Waals surface area contributed by atoms with Crippen LogP contribution in [-0.4, -0.2) is 193 Å². The SMILES string of the molecule is CC/C=C\C/C=C\C/C=C\C/C=C\C/C=C\CCCCCCCCCCCCCC(=O)NC(COC1OC(CO)C(OC2OC(CO)C(OC3OC(CO)C(O)C(O)C3O)C(O)C2O)C(O)C1O)C(O)/C=C/CCCCCCCCCCCCCCCC. The Bertz CT molecular complexity index is 1880. The third kappa shape index (κ3) is 32.7. The van der Waals surface area contributed by atoms with Crippen LogP contribution in [0.5, 0.6) is 0 Å². The van der Waals surface area contributed by atoms with Crippen LogP contribution >= 0.6 is 0 Å². The molecule has 19 nitrogen and oxygen atoms in total. The Labute approximate surface area is 528 Å². The maximum absolute atomic E-state index is 13.4. The Morgan fingerprint density at radius 3 is 1.23 bits per heavy atom. The van der Waals surface area contributed by atoms with Crippen molar-refractivity contribution in [2.24, 2.45) is 0 Å². The van der Waals surface area contributed by atoms with Gasteiger partial charge in [0.1, 0.15) is 73.2 Å². The lowest BCUT2D eigenvalue weighted by Crippen LogP contribution is -2.66. The molecule has 0 aromatic heterocycles. The first-order chi connectivity index (χ1) is 42.8. The molecule has 510 valence electrons. The first-order valence-electron chi connectivity index (χ1n) is 34.2. The number of unbranched alkanes of at least 4 members (excludes halogenated alkanes) is 25. The van der Waals surface area contributed by atoms with E-state index in [1.54, 1.807) is 6.08 Å². The van der Waals surface area contributed by atoms with Gasteiger partial charge in [0.2, 0.25) is 5.91 Å². The average molecular weight is 1250 g/mol. The number of aliphatic hydroxyl groups is 11. The fourth-order valence-electron chi connectivity index (χ4n) is 11.2. The van der Waals surface area contributed by atoms with Crippen LogP contribution in [0.3, 0.4) is 0 Å². The second kappa shape index (κ2) is 50.7. The van der Waals surface area contributed by atoms with Gasteiger partial charge in [-0.25, -0.2) is 0 Å². The largest absolute Gasteiger partial charge is 0.394 e. The van der Waals surface area contributed by atoms with Crippen LogP contribution in [0.25, 0.3) is 0 Å². The van der Waals surface area contributed by atoms with Gasteiger partial charge in [-0.3, -0.25) is 4.79 Å². The van der Waals surface area contributed by atoms with Crippen LogP contribution < -0.4 is 5.32 Å². The molecule has 3 aliphatic heterocycles. The van der Waals surface area contributed by atoms with E-state index in [-0.39, 0.29) is 18.9 Å². The van der Waals surface area contributed by atoms with E-state index in [2.05, 4.69) is 79.9 Å². The third-order valence-electron chi connectivity index (χ3n) is 16.8. The van der Waals surface area contributed by atoms with Crippen LogP contribution in [-0.2, 0) is 33.2 Å². The van der Waals surface area contributed by atoms with Gasteiger partial charge >= 0.3 is 0 Å². The van der Waals surface area contributed by atoms with E-state index in [9.17, 15) is 61.0 Å². The molecule has 88 heavy (non-hydrogen) atoms. The maximum Gasteiger partial charge on any atom is 0.220 e. The molecule has 0 radical (unpaired) electrons. The highest BCUT2D eigenvalue weighted by Crippen LogP contribution is 2.33. The summed E-state index contributed by atoms with van der Waals surface area (Å²) in [6.07, 6.45) is 35.8. The van der Waals surface area contributed by atoms with Crippen LogP contribution in [0.4, 0.5) is 0 Å².